The number of fused-ring (bicyclic) bond motifs is 1. The number of hydrogen-bond donors (Lipinski definition) is 2. The summed E-state index contributed by atoms with van der Waals surface area (Å²) >= 11 is 6.07. The molecule has 2 heterocycles. The summed E-state index contributed by atoms with van der Waals surface area (Å²) in [5.41, 5.74) is 4.34. The van der Waals surface area contributed by atoms with Crippen LogP contribution >= 0.6 is 11.6 Å². The summed E-state index contributed by atoms with van der Waals surface area (Å²) in [6, 6.07) is 12.3. The Hall–Kier alpha value is -1.58. The first-order valence-electron chi connectivity index (χ1n) is 5.95. The third-order valence-electron chi connectivity index (χ3n) is 3.17. The maximum absolute atomic E-state index is 6.07. The molecule has 1 aromatic carbocycles. The molecule has 1 atom stereocenters. The molecule has 0 saturated carbocycles. The van der Waals surface area contributed by atoms with Gasteiger partial charge in [-0.15, -0.1) is 0 Å². The zero-order valence-corrected chi connectivity index (χ0v) is 10.8. The molecule has 0 aliphatic carbocycles. The normalized spacial score (nSPS) is 18.0. The Labute approximate surface area is 111 Å². The molecule has 2 aromatic rings. The van der Waals surface area contributed by atoms with Crippen LogP contribution in [0.25, 0.3) is 0 Å². The van der Waals surface area contributed by atoms with Gasteiger partial charge in [-0.25, -0.2) is 4.98 Å². The van der Waals surface area contributed by atoms with E-state index in [9.17, 15) is 0 Å². The molecule has 0 spiro atoms. The summed E-state index contributed by atoms with van der Waals surface area (Å²) in [6.07, 6.45) is 0.0120. The van der Waals surface area contributed by atoms with Crippen molar-refractivity contribution in [2.75, 3.05) is 5.32 Å². The van der Waals surface area contributed by atoms with Crippen molar-refractivity contribution < 1.29 is 0 Å². The summed E-state index contributed by atoms with van der Waals surface area (Å²) < 4.78 is 0. The Balaban J connectivity index is 1.89. The predicted molar refractivity (Wildman–Crippen MR) is 73.6 cm³/mol. The minimum absolute atomic E-state index is 0.0120. The Morgan fingerprint density at radius 2 is 2.06 bits per heavy atom. The van der Waals surface area contributed by atoms with Crippen LogP contribution in [0.4, 0.5) is 5.69 Å². The summed E-state index contributed by atoms with van der Waals surface area (Å²) in [5.74, 6) is 0. The van der Waals surface area contributed by atoms with Crippen LogP contribution in [0.3, 0.4) is 0 Å². The van der Waals surface area contributed by atoms with Gasteiger partial charge in [0.15, 0.2) is 0 Å². The summed E-state index contributed by atoms with van der Waals surface area (Å²) in [7, 11) is 0. The molecule has 0 fully saturated rings. The van der Waals surface area contributed by atoms with Gasteiger partial charge in [0.05, 0.1) is 5.69 Å². The number of aromatic nitrogens is 1. The zero-order chi connectivity index (χ0) is 12.5. The number of para-hydroxylation sites is 1. The highest BCUT2D eigenvalue weighted by atomic mass is 35.5. The SMILES string of the molecule is Cc1ccc(C2NCc3ccccc3N2)nc1Cl. The van der Waals surface area contributed by atoms with Crippen molar-refractivity contribution >= 4 is 17.3 Å². The lowest BCUT2D eigenvalue weighted by atomic mass is 10.1. The van der Waals surface area contributed by atoms with E-state index < -0.39 is 0 Å². The number of hydrogen-bond acceptors (Lipinski definition) is 3. The lowest BCUT2D eigenvalue weighted by molar-refractivity contribution is 0.553. The van der Waals surface area contributed by atoms with Gasteiger partial charge in [-0.3, -0.25) is 5.32 Å². The predicted octanol–water partition coefficient (Wildman–Crippen LogP) is 3.26. The van der Waals surface area contributed by atoms with Crippen LogP contribution in [-0.4, -0.2) is 4.98 Å². The first-order chi connectivity index (χ1) is 8.74. The molecule has 1 aliphatic heterocycles. The molecule has 18 heavy (non-hydrogen) atoms. The van der Waals surface area contributed by atoms with Gasteiger partial charge in [-0.2, -0.15) is 0 Å². The fourth-order valence-electron chi connectivity index (χ4n) is 2.09. The topological polar surface area (TPSA) is 37.0 Å². The minimum Gasteiger partial charge on any atom is -0.364 e. The molecular formula is C14H14ClN3. The molecule has 4 heteroatoms. The van der Waals surface area contributed by atoms with Gasteiger partial charge >= 0.3 is 0 Å². The molecular weight excluding hydrogens is 246 g/mol. The summed E-state index contributed by atoms with van der Waals surface area (Å²) in [5, 5.41) is 7.40. The maximum Gasteiger partial charge on any atom is 0.132 e. The number of halogens is 1. The molecule has 1 aliphatic rings. The first kappa shape index (κ1) is 11.5. The van der Waals surface area contributed by atoms with Gasteiger partial charge in [0.25, 0.3) is 0 Å². The third-order valence-corrected chi connectivity index (χ3v) is 3.55. The Kier molecular flexibility index (Phi) is 2.94. The fraction of sp³-hybridized carbons (Fsp3) is 0.214. The highest BCUT2D eigenvalue weighted by Gasteiger charge is 2.19. The number of rotatable bonds is 1. The van der Waals surface area contributed by atoms with E-state index in [0.29, 0.717) is 5.15 Å². The summed E-state index contributed by atoms with van der Waals surface area (Å²) in [6.45, 7) is 2.79. The number of aryl methyl sites for hydroxylation is 1. The van der Waals surface area contributed by atoms with Crippen molar-refractivity contribution in [2.45, 2.75) is 19.6 Å². The highest BCUT2D eigenvalue weighted by molar-refractivity contribution is 6.30. The van der Waals surface area contributed by atoms with Crippen LogP contribution in [0.5, 0.6) is 0 Å². The van der Waals surface area contributed by atoms with Gasteiger partial charge in [-0.1, -0.05) is 35.9 Å². The molecule has 92 valence electrons. The Morgan fingerprint density at radius 1 is 1.22 bits per heavy atom. The number of nitrogens with zero attached hydrogens (tertiary/aromatic N) is 1. The van der Waals surface area contributed by atoms with Crippen molar-refractivity contribution in [2.24, 2.45) is 0 Å². The lowest BCUT2D eigenvalue weighted by Crippen LogP contribution is -2.33. The van der Waals surface area contributed by atoms with Gasteiger partial charge in [0, 0.05) is 12.2 Å². The molecule has 2 N–H and O–H groups in total. The van der Waals surface area contributed by atoms with Crippen LogP contribution in [0.15, 0.2) is 36.4 Å². The molecule has 0 saturated heterocycles. The first-order valence-corrected chi connectivity index (χ1v) is 6.33. The molecule has 1 unspecified atom stereocenters. The largest absolute Gasteiger partial charge is 0.364 e. The van der Waals surface area contributed by atoms with E-state index in [1.807, 2.05) is 31.2 Å². The van der Waals surface area contributed by atoms with Crippen LogP contribution < -0.4 is 10.6 Å². The summed E-state index contributed by atoms with van der Waals surface area (Å²) in [4.78, 5) is 4.41. The maximum atomic E-state index is 6.07. The average molecular weight is 260 g/mol. The zero-order valence-electron chi connectivity index (χ0n) is 10.1. The van der Waals surface area contributed by atoms with Crippen molar-refractivity contribution in [1.82, 2.24) is 10.3 Å². The van der Waals surface area contributed by atoms with Crippen LogP contribution in [0.2, 0.25) is 5.15 Å². The monoisotopic (exact) mass is 259 g/mol. The number of pyridine rings is 1. The quantitative estimate of drug-likeness (QED) is 0.772. The van der Waals surface area contributed by atoms with Gasteiger partial charge in [0.1, 0.15) is 11.3 Å². The Morgan fingerprint density at radius 3 is 2.89 bits per heavy atom. The van der Waals surface area contributed by atoms with Gasteiger partial charge < -0.3 is 5.32 Å². The van der Waals surface area contributed by atoms with Crippen molar-refractivity contribution in [3.05, 3.63) is 58.4 Å². The third kappa shape index (κ3) is 2.07. The van der Waals surface area contributed by atoms with E-state index in [0.717, 1.165) is 23.5 Å². The Bertz CT molecular complexity index is 583. The lowest BCUT2D eigenvalue weighted by Gasteiger charge is -2.28. The van der Waals surface area contributed by atoms with Gasteiger partial charge in [0.2, 0.25) is 0 Å². The standard InChI is InChI=1S/C14H14ClN3/c1-9-6-7-12(17-13(9)15)14-16-8-10-4-2-3-5-11(10)18-14/h2-7,14,16,18H,8H2,1H3. The smallest absolute Gasteiger partial charge is 0.132 e. The van der Waals surface area contributed by atoms with E-state index in [1.165, 1.54) is 5.56 Å². The van der Waals surface area contributed by atoms with E-state index in [1.54, 1.807) is 0 Å². The van der Waals surface area contributed by atoms with Gasteiger partial charge in [-0.05, 0) is 30.2 Å². The fourth-order valence-corrected chi connectivity index (χ4v) is 2.25. The number of benzene rings is 1. The van der Waals surface area contributed by atoms with E-state index in [2.05, 4.69) is 27.8 Å². The van der Waals surface area contributed by atoms with E-state index in [-0.39, 0.29) is 6.17 Å². The second-order valence-corrected chi connectivity index (χ2v) is 4.82. The minimum atomic E-state index is 0.0120. The van der Waals surface area contributed by atoms with Crippen molar-refractivity contribution in [3.8, 4) is 0 Å². The molecule has 0 radical (unpaired) electrons. The number of nitrogens with one attached hydrogen (secondary N) is 2. The second-order valence-electron chi connectivity index (χ2n) is 4.46. The van der Waals surface area contributed by atoms with Crippen LogP contribution in [0, 0.1) is 6.92 Å². The van der Waals surface area contributed by atoms with E-state index >= 15 is 0 Å². The van der Waals surface area contributed by atoms with E-state index in [4.69, 9.17) is 11.6 Å². The average Bonchev–Trinajstić information content (AvgIpc) is 2.41. The highest BCUT2D eigenvalue weighted by Crippen LogP contribution is 2.26. The molecule has 3 rings (SSSR count). The molecule has 0 bridgehead atoms. The number of anilines is 1. The van der Waals surface area contributed by atoms with Crippen molar-refractivity contribution in [1.29, 1.82) is 0 Å². The molecule has 1 aromatic heterocycles. The van der Waals surface area contributed by atoms with Crippen molar-refractivity contribution in [3.63, 3.8) is 0 Å². The van der Waals surface area contributed by atoms with Crippen LogP contribution in [0.1, 0.15) is 23.0 Å². The second kappa shape index (κ2) is 4.59. The van der Waals surface area contributed by atoms with Crippen LogP contribution in [-0.2, 0) is 6.54 Å². The molecule has 3 nitrogen and oxygen atoms in total. The molecule has 0 amide bonds.